The van der Waals surface area contributed by atoms with Gasteiger partial charge in [0.1, 0.15) is 0 Å². The second-order valence-corrected chi connectivity index (χ2v) is 4.03. The predicted molar refractivity (Wildman–Crippen MR) is 51.5 cm³/mol. The van der Waals surface area contributed by atoms with Gasteiger partial charge in [0, 0.05) is 12.7 Å². The second-order valence-electron chi connectivity index (χ2n) is 2.79. The Bertz CT molecular complexity index is 240. The summed E-state index contributed by atoms with van der Waals surface area (Å²) in [4.78, 5) is 0. The second kappa shape index (κ2) is 3.10. The Balaban J connectivity index is 2.15. The van der Waals surface area contributed by atoms with Gasteiger partial charge in [-0.15, -0.1) is 0 Å². The van der Waals surface area contributed by atoms with E-state index in [1.807, 2.05) is 6.20 Å². The molecule has 60 valence electrons. The molecule has 3 nitrogen and oxygen atoms in total. The summed E-state index contributed by atoms with van der Waals surface area (Å²) in [7, 11) is 0. The van der Waals surface area contributed by atoms with Gasteiger partial charge < -0.3 is 5.32 Å². The molecule has 1 aromatic heterocycles. The van der Waals surface area contributed by atoms with E-state index in [1.54, 1.807) is 0 Å². The smallest absolute Gasteiger partial charge is 0.0656 e. The van der Waals surface area contributed by atoms with Crippen LogP contribution in [0.3, 0.4) is 0 Å². The number of halogens is 1. The summed E-state index contributed by atoms with van der Waals surface area (Å²) >= 11 is 2.28. The molecule has 2 heterocycles. The first-order chi connectivity index (χ1) is 5.36. The molecule has 0 aromatic carbocycles. The number of nitrogens with one attached hydrogen (secondary N) is 1. The average molecular weight is 263 g/mol. The summed E-state index contributed by atoms with van der Waals surface area (Å²) in [5, 5.41) is 7.58. The summed E-state index contributed by atoms with van der Waals surface area (Å²) in [6, 6.07) is 0.582. The van der Waals surface area contributed by atoms with E-state index in [2.05, 4.69) is 43.9 Å². The van der Waals surface area contributed by atoms with Crippen LogP contribution in [-0.4, -0.2) is 22.9 Å². The van der Waals surface area contributed by atoms with Crippen LogP contribution in [0.25, 0.3) is 0 Å². The van der Waals surface area contributed by atoms with Crippen molar-refractivity contribution >= 4 is 22.6 Å². The molecule has 1 atom stereocenters. The zero-order valence-corrected chi connectivity index (χ0v) is 8.28. The summed E-state index contributed by atoms with van der Waals surface area (Å²) in [6.07, 6.45) is 5.20. The highest BCUT2D eigenvalue weighted by Crippen LogP contribution is 2.14. The van der Waals surface area contributed by atoms with Crippen LogP contribution < -0.4 is 5.32 Å². The number of aromatic nitrogens is 2. The SMILES string of the molecule is Ic1cnn(C2CCNC2)c1. The highest BCUT2D eigenvalue weighted by Gasteiger charge is 2.16. The highest BCUT2D eigenvalue weighted by molar-refractivity contribution is 14.1. The van der Waals surface area contributed by atoms with E-state index >= 15 is 0 Å². The quantitative estimate of drug-likeness (QED) is 0.767. The molecule has 0 bridgehead atoms. The first-order valence-corrected chi connectivity index (χ1v) is 4.84. The van der Waals surface area contributed by atoms with Crippen molar-refractivity contribution in [3.05, 3.63) is 16.0 Å². The fourth-order valence-electron chi connectivity index (χ4n) is 1.38. The molecule has 1 saturated heterocycles. The van der Waals surface area contributed by atoms with Gasteiger partial charge in [-0.2, -0.15) is 5.10 Å². The maximum Gasteiger partial charge on any atom is 0.0656 e. The third kappa shape index (κ3) is 1.56. The van der Waals surface area contributed by atoms with Gasteiger partial charge in [-0.3, -0.25) is 4.68 Å². The maximum absolute atomic E-state index is 4.27. The molecule has 1 aliphatic heterocycles. The Morgan fingerprint density at radius 3 is 3.18 bits per heavy atom. The lowest BCUT2D eigenvalue weighted by atomic mass is 10.3. The summed E-state index contributed by atoms with van der Waals surface area (Å²) in [5.74, 6) is 0. The lowest BCUT2D eigenvalue weighted by Crippen LogP contribution is -2.13. The monoisotopic (exact) mass is 263 g/mol. The first kappa shape index (κ1) is 7.54. The van der Waals surface area contributed by atoms with Crippen molar-refractivity contribution in [1.29, 1.82) is 0 Å². The van der Waals surface area contributed by atoms with Gasteiger partial charge in [-0.25, -0.2) is 0 Å². The molecule has 0 spiro atoms. The van der Waals surface area contributed by atoms with Gasteiger partial charge in [-0.05, 0) is 35.6 Å². The van der Waals surface area contributed by atoms with Gasteiger partial charge >= 0.3 is 0 Å². The topological polar surface area (TPSA) is 29.9 Å². The number of hydrogen-bond donors (Lipinski definition) is 1. The normalized spacial score (nSPS) is 24.3. The zero-order valence-electron chi connectivity index (χ0n) is 6.13. The minimum Gasteiger partial charge on any atom is -0.315 e. The largest absolute Gasteiger partial charge is 0.315 e. The molecule has 0 aliphatic carbocycles. The van der Waals surface area contributed by atoms with Crippen molar-refractivity contribution < 1.29 is 0 Å². The molecular formula is C7H10IN3. The molecule has 0 saturated carbocycles. The van der Waals surface area contributed by atoms with Crippen LogP contribution in [-0.2, 0) is 0 Å². The molecule has 1 N–H and O–H groups in total. The molecule has 1 unspecified atom stereocenters. The Kier molecular flexibility index (Phi) is 2.13. The van der Waals surface area contributed by atoms with E-state index in [4.69, 9.17) is 0 Å². The molecule has 1 aromatic rings. The Morgan fingerprint density at radius 1 is 1.73 bits per heavy atom. The van der Waals surface area contributed by atoms with Crippen LogP contribution in [0.4, 0.5) is 0 Å². The van der Waals surface area contributed by atoms with Gasteiger partial charge in [0.2, 0.25) is 0 Å². The van der Waals surface area contributed by atoms with Gasteiger partial charge in [0.05, 0.1) is 15.8 Å². The third-order valence-corrected chi connectivity index (χ3v) is 2.54. The van der Waals surface area contributed by atoms with E-state index in [1.165, 1.54) is 9.99 Å². The number of rotatable bonds is 1. The van der Waals surface area contributed by atoms with E-state index in [0.29, 0.717) is 6.04 Å². The van der Waals surface area contributed by atoms with Crippen molar-refractivity contribution in [2.45, 2.75) is 12.5 Å². The summed E-state index contributed by atoms with van der Waals surface area (Å²) in [6.45, 7) is 2.19. The Morgan fingerprint density at radius 2 is 2.64 bits per heavy atom. The minimum absolute atomic E-state index is 0.582. The van der Waals surface area contributed by atoms with Gasteiger partial charge in [-0.1, -0.05) is 0 Å². The third-order valence-electron chi connectivity index (χ3n) is 1.98. The molecule has 11 heavy (non-hydrogen) atoms. The standard InChI is InChI=1S/C7H10IN3/c8-6-3-10-11(5-6)7-1-2-9-4-7/h3,5,7,9H,1-2,4H2. The van der Waals surface area contributed by atoms with E-state index < -0.39 is 0 Å². The van der Waals surface area contributed by atoms with Crippen LogP contribution in [0.5, 0.6) is 0 Å². The van der Waals surface area contributed by atoms with Gasteiger partial charge in [0.15, 0.2) is 0 Å². The maximum atomic E-state index is 4.27. The van der Waals surface area contributed by atoms with Crippen LogP contribution in [0.15, 0.2) is 12.4 Å². The van der Waals surface area contributed by atoms with Crippen molar-refractivity contribution in [2.24, 2.45) is 0 Å². The van der Waals surface area contributed by atoms with E-state index in [9.17, 15) is 0 Å². The predicted octanol–water partition coefficient (Wildman–Crippen LogP) is 1.02. The van der Waals surface area contributed by atoms with Crippen LogP contribution in [0.1, 0.15) is 12.5 Å². The number of nitrogens with zero attached hydrogens (tertiary/aromatic N) is 2. The molecule has 0 radical (unpaired) electrons. The van der Waals surface area contributed by atoms with Crippen molar-refractivity contribution in [2.75, 3.05) is 13.1 Å². The summed E-state index contributed by atoms with van der Waals surface area (Å²) in [5.41, 5.74) is 0. The molecule has 0 amide bonds. The fourth-order valence-corrected chi connectivity index (χ4v) is 1.79. The van der Waals surface area contributed by atoms with E-state index in [-0.39, 0.29) is 0 Å². The van der Waals surface area contributed by atoms with E-state index in [0.717, 1.165) is 13.1 Å². The Hall–Kier alpha value is -0.100. The fraction of sp³-hybridized carbons (Fsp3) is 0.571. The van der Waals surface area contributed by atoms with Crippen LogP contribution >= 0.6 is 22.6 Å². The summed E-state index contributed by atoms with van der Waals surface area (Å²) < 4.78 is 3.27. The Labute approximate surface area is 79.3 Å². The first-order valence-electron chi connectivity index (χ1n) is 3.76. The molecule has 2 rings (SSSR count). The lowest BCUT2D eigenvalue weighted by Gasteiger charge is -2.07. The van der Waals surface area contributed by atoms with Crippen molar-refractivity contribution in [1.82, 2.24) is 15.1 Å². The molecule has 1 aliphatic rings. The molecular weight excluding hydrogens is 253 g/mol. The zero-order chi connectivity index (χ0) is 7.68. The molecule has 1 fully saturated rings. The average Bonchev–Trinajstić information content (AvgIpc) is 2.55. The van der Waals surface area contributed by atoms with Gasteiger partial charge in [0.25, 0.3) is 0 Å². The van der Waals surface area contributed by atoms with Crippen molar-refractivity contribution in [3.8, 4) is 0 Å². The lowest BCUT2D eigenvalue weighted by molar-refractivity contribution is 0.490. The highest BCUT2D eigenvalue weighted by atomic mass is 127. The number of hydrogen-bond acceptors (Lipinski definition) is 2. The molecule has 4 heteroatoms. The van der Waals surface area contributed by atoms with Crippen molar-refractivity contribution in [3.63, 3.8) is 0 Å². The van der Waals surface area contributed by atoms with Crippen LogP contribution in [0, 0.1) is 3.57 Å². The van der Waals surface area contributed by atoms with Crippen LogP contribution in [0.2, 0.25) is 0 Å². The minimum atomic E-state index is 0.582.